The van der Waals surface area contributed by atoms with Crippen molar-refractivity contribution in [3.63, 3.8) is 0 Å². The van der Waals surface area contributed by atoms with Crippen molar-refractivity contribution in [3.05, 3.63) is 59.3 Å². The van der Waals surface area contributed by atoms with Crippen LogP contribution in [0.25, 0.3) is 0 Å². The summed E-state index contributed by atoms with van der Waals surface area (Å²) in [5.41, 5.74) is 1.62. The van der Waals surface area contributed by atoms with Gasteiger partial charge in [0.25, 0.3) is 0 Å². The molecule has 0 amide bonds. The molecule has 0 bridgehead atoms. The Hall–Kier alpha value is -1.54. The Labute approximate surface area is 138 Å². The molecule has 0 heterocycles. The first-order valence-electron chi connectivity index (χ1n) is 7.90. The molecule has 0 aliphatic heterocycles. The molecule has 0 saturated carbocycles. The van der Waals surface area contributed by atoms with Crippen LogP contribution in [-0.2, 0) is 0 Å². The van der Waals surface area contributed by atoms with Gasteiger partial charge in [0.15, 0.2) is 0 Å². The molecule has 1 aliphatic carbocycles. The molecular weight excluding hydrogens is 292 g/mol. The minimum Gasteiger partial charge on any atom is -0.375 e. The topological polar surface area (TPSA) is 35.9 Å². The predicted molar refractivity (Wildman–Crippen MR) is 95.4 cm³/mol. The predicted octanol–water partition coefficient (Wildman–Crippen LogP) is 4.96. The van der Waals surface area contributed by atoms with Gasteiger partial charge in [-0.3, -0.25) is 0 Å². The molecule has 2 N–H and O–H groups in total. The van der Waals surface area contributed by atoms with Crippen molar-refractivity contribution in [1.82, 2.24) is 5.32 Å². The van der Waals surface area contributed by atoms with E-state index < -0.39 is 0 Å². The van der Waals surface area contributed by atoms with Gasteiger partial charge < -0.3 is 10.7 Å². The van der Waals surface area contributed by atoms with Crippen LogP contribution in [-0.4, -0.2) is 12.3 Å². The number of hydrogen-bond acceptors (Lipinski definition) is 2. The van der Waals surface area contributed by atoms with Crippen LogP contribution < -0.4 is 5.32 Å². The summed E-state index contributed by atoms with van der Waals surface area (Å²) < 4.78 is 0. The van der Waals surface area contributed by atoms with Gasteiger partial charge in [-0.1, -0.05) is 74.9 Å². The largest absolute Gasteiger partial charge is 0.375 e. The number of halogens is 1. The highest BCUT2D eigenvalue weighted by Crippen LogP contribution is 2.45. The SMILES string of the molecule is CCC1(C)C=C[C@H]1[C@@H](C)CN/C(Cl)=C\C(=N)c1ccccc1. The highest BCUT2D eigenvalue weighted by Gasteiger charge is 2.38. The molecule has 0 fully saturated rings. The van der Waals surface area contributed by atoms with Crippen LogP contribution >= 0.6 is 11.6 Å². The summed E-state index contributed by atoms with van der Waals surface area (Å²) in [5.74, 6) is 1.12. The number of nitrogens with one attached hydrogen (secondary N) is 2. The molecule has 3 atom stereocenters. The first-order chi connectivity index (χ1) is 10.5. The van der Waals surface area contributed by atoms with Gasteiger partial charge in [-0.05, 0) is 35.3 Å². The summed E-state index contributed by atoms with van der Waals surface area (Å²) in [5, 5.41) is 11.8. The van der Waals surface area contributed by atoms with Crippen molar-refractivity contribution in [2.45, 2.75) is 27.2 Å². The van der Waals surface area contributed by atoms with Gasteiger partial charge in [0.05, 0.1) is 5.71 Å². The Kier molecular flexibility index (Phi) is 5.47. The molecule has 118 valence electrons. The van der Waals surface area contributed by atoms with E-state index in [1.54, 1.807) is 6.08 Å². The molecule has 0 saturated heterocycles. The van der Waals surface area contributed by atoms with Crippen LogP contribution in [0.1, 0.15) is 32.8 Å². The Bertz CT molecular complexity index is 576. The van der Waals surface area contributed by atoms with Crippen molar-refractivity contribution < 1.29 is 0 Å². The second kappa shape index (κ2) is 7.15. The van der Waals surface area contributed by atoms with Crippen LogP contribution in [0.5, 0.6) is 0 Å². The van der Waals surface area contributed by atoms with Crippen LogP contribution in [0.3, 0.4) is 0 Å². The fourth-order valence-corrected chi connectivity index (χ4v) is 3.18. The van der Waals surface area contributed by atoms with E-state index >= 15 is 0 Å². The molecule has 1 unspecified atom stereocenters. The van der Waals surface area contributed by atoms with Crippen LogP contribution in [0.15, 0.2) is 53.7 Å². The summed E-state index contributed by atoms with van der Waals surface area (Å²) in [4.78, 5) is 0. The van der Waals surface area contributed by atoms with Gasteiger partial charge in [-0.2, -0.15) is 0 Å². The molecule has 0 radical (unpaired) electrons. The first-order valence-corrected chi connectivity index (χ1v) is 8.28. The third-order valence-electron chi connectivity index (χ3n) is 4.77. The summed E-state index contributed by atoms with van der Waals surface area (Å²) >= 11 is 6.23. The van der Waals surface area contributed by atoms with Gasteiger partial charge >= 0.3 is 0 Å². The normalized spacial score (nSPS) is 25.5. The maximum atomic E-state index is 8.06. The number of rotatable bonds is 7. The average Bonchev–Trinajstić information content (AvgIpc) is 2.52. The number of allylic oxidation sites excluding steroid dienone is 3. The van der Waals surface area contributed by atoms with Crippen LogP contribution in [0, 0.1) is 22.7 Å². The maximum absolute atomic E-state index is 8.06. The van der Waals surface area contributed by atoms with Gasteiger partial charge in [0, 0.05) is 6.54 Å². The van der Waals surface area contributed by atoms with Crippen LogP contribution in [0.4, 0.5) is 0 Å². The lowest BCUT2D eigenvalue weighted by atomic mass is 9.62. The quantitative estimate of drug-likeness (QED) is 0.416. The standard InChI is InChI=1S/C19H25ClN2/c1-4-19(3)11-10-16(19)14(2)13-22-18(20)12-17(21)15-8-6-5-7-9-15/h5-12,14,16,21-22H,4,13H2,1-3H3/b18-12-,21-17?/t14-,16-,19?/m0/s1. The molecule has 3 heteroatoms. The molecule has 1 aliphatic rings. The minimum atomic E-state index is 0.327. The van der Waals surface area contributed by atoms with E-state index in [0.717, 1.165) is 12.1 Å². The lowest BCUT2D eigenvalue weighted by Crippen LogP contribution is -2.38. The molecule has 1 aromatic carbocycles. The monoisotopic (exact) mass is 316 g/mol. The number of hydrogen-bond donors (Lipinski definition) is 2. The molecule has 22 heavy (non-hydrogen) atoms. The van der Waals surface area contributed by atoms with Crippen molar-refractivity contribution in [3.8, 4) is 0 Å². The lowest BCUT2D eigenvalue weighted by Gasteiger charge is -2.43. The van der Waals surface area contributed by atoms with Crippen molar-refractivity contribution in [1.29, 1.82) is 5.41 Å². The zero-order valence-electron chi connectivity index (χ0n) is 13.6. The van der Waals surface area contributed by atoms with E-state index in [-0.39, 0.29) is 0 Å². The van der Waals surface area contributed by atoms with Gasteiger partial charge in [0.1, 0.15) is 5.16 Å². The molecule has 1 aromatic rings. The zero-order chi connectivity index (χ0) is 16.2. The third-order valence-corrected chi connectivity index (χ3v) is 5.01. The minimum absolute atomic E-state index is 0.327. The fraction of sp³-hybridized carbons (Fsp3) is 0.421. The van der Waals surface area contributed by atoms with Gasteiger partial charge in [-0.15, -0.1) is 0 Å². The molecular formula is C19H25ClN2. The highest BCUT2D eigenvalue weighted by molar-refractivity contribution is 6.31. The fourth-order valence-electron chi connectivity index (χ4n) is 2.99. The summed E-state index contributed by atoms with van der Waals surface area (Å²) in [6.45, 7) is 7.63. The lowest BCUT2D eigenvalue weighted by molar-refractivity contribution is 0.186. The third kappa shape index (κ3) is 3.80. The second-order valence-corrected chi connectivity index (χ2v) is 6.78. The molecule has 2 rings (SSSR count). The molecule has 0 aromatic heterocycles. The molecule has 0 spiro atoms. The molecule has 2 nitrogen and oxygen atoms in total. The Morgan fingerprint density at radius 2 is 2.09 bits per heavy atom. The van der Waals surface area contributed by atoms with Crippen molar-refractivity contribution >= 4 is 17.3 Å². The van der Waals surface area contributed by atoms with Crippen molar-refractivity contribution in [2.75, 3.05) is 6.54 Å². The van der Waals surface area contributed by atoms with Gasteiger partial charge in [0.2, 0.25) is 0 Å². The summed E-state index contributed by atoms with van der Waals surface area (Å²) in [6, 6.07) is 9.62. The summed E-state index contributed by atoms with van der Waals surface area (Å²) in [7, 11) is 0. The Morgan fingerprint density at radius 3 is 2.64 bits per heavy atom. The van der Waals surface area contributed by atoms with E-state index in [1.807, 2.05) is 30.3 Å². The van der Waals surface area contributed by atoms with E-state index in [0.29, 0.717) is 28.1 Å². The van der Waals surface area contributed by atoms with Crippen molar-refractivity contribution in [2.24, 2.45) is 17.3 Å². The highest BCUT2D eigenvalue weighted by atomic mass is 35.5. The Morgan fingerprint density at radius 1 is 1.41 bits per heavy atom. The van der Waals surface area contributed by atoms with Gasteiger partial charge in [-0.25, -0.2) is 0 Å². The van der Waals surface area contributed by atoms with E-state index in [4.69, 9.17) is 17.0 Å². The maximum Gasteiger partial charge on any atom is 0.104 e. The number of benzene rings is 1. The van der Waals surface area contributed by atoms with E-state index in [1.165, 1.54) is 6.42 Å². The Balaban J connectivity index is 1.88. The first kappa shape index (κ1) is 16.8. The van der Waals surface area contributed by atoms with Crippen LogP contribution in [0.2, 0.25) is 0 Å². The summed E-state index contributed by atoms with van der Waals surface area (Å²) in [6.07, 6.45) is 7.47. The smallest absolute Gasteiger partial charge is 0.104 e. The average molecular weight is 317 g/mol. The second-order valence-electron chi connectivity index (χ2n) is 6.37. The zero-order valence-corrected chi connectivity index (χ0v) is 14.3. The van der Waals surface area contributed by atoms with E-state index in [9.17, 15) is 0 Å². The van der Waals surface area contributed by atoms with E-state index in [2.05, 4.69) is 38.2 Å².